The Labute approximate surface area is 104 Å². The molecule has 1 aromatic carbocycles. The van der Waals surface area contributed by atoms with Gasteiger partial charge in [-0.15, -0.1) is 0 Å². The van der Waals surface area contributed by atoms with Crippen LogP contribution in [0.3, 0.4) is 0 Å². The number of benzene rings is 1. The molecule has 0 radical (unpaired) electrons. The second-order valence-corrected chi connectivity index (χ2v) is 6.61. The number of nitrogens with two attached hydrogens (primary N) is 1. The number of hydrogen-bond acceptors (Lipinski definition) is 3. The first kappa shape index (κ1) is 14.2. The minimum atomic E-state index is -3.10. The molecule has 96 valence electrons. The van der Waals surface area contributed by atoms with Crippen LogP contribution < -0.4 is 5.73 Å². The van der Waals surface area contributed by atoms with Crippen LogP contribution in [-0.4, -0.2) is 20.2 Å². The highest BCUT2D eigenvalue weighted by molar-refractivity contribution is 7.91. The van der Waals surface area contributed by atoms with Gasteiger partial charge in [0, 0.05) is 6.04 Å². The molecule has 0 bridgehead atoms. The molecule has 0 aromatic heterocycles. The Kier molecular flexibility index (Phi) is 4.71. The van der Waals surface area contributed by atoms with E-state index in [9.17, 15) is 8.42 Å². The standard InChI is InChI=1S/C13H21NO2S/c1-4-13(14)10(3)11-6-8-12(9-7-11)17(15,16)5-2/h6-10,13H,4-5,14H2,1-3H3. The van der Waals surface area contributed by atoms with Gasteiger partial charge in [0.25, 0.3) is 0 Å². The summed E-state index contributed by atoms with van der Waals surface area (Å²) in [5, 5.41) is 0. The fourth-order valence-electron chi connectivity index (χ4n) is 1.75. The lowest BCUT2D eigenvalue weighted by Crippen LogP contribution is -2.25. The summed E-state index contributed by atoms with van der Waals surface area (Å²) in [6.07, 6.45) is 0.913. The molecular weight excluding hydrogens is 234 g/mol. The zero-order valence-corrected chi connectivity index (χ0v) is 11.5. The van der Waals surface area contributed by atoms with E-state index in [-0.39, 0.29) is 17.7 Å². The maximum Gasteiger partial charge on any atom is 0.178 e. The van der Waals surface area contributed by atoms with Crippen LogP contribution in [0, 0.1) is 0 Å². The van der Waals surface area contributed by atoms with Gasteiger partial charge in [-0.25, -0.2) is 8.42 Å². The first-order valence-corrected chi connectivity index (χ1v) is 7.65. The van der Waals surface area contributed by atoms with Gasteiger partial charge in [0.1, 0.15) is 0 Å². The predicted octanol–water partition coefficient (Wildman–Crippen LogP) is 2.32. The van der Waals surface area contributed by atoms with Gasteiger partial charge in [0.2, 0.25) is 0 Å². The quantitative estimate of drug-likeness (QED) is 0.878. The molecule has 0 amide bonds. The maximum atomic E-state index is 11.6. The third-order valence-electron chi connectivity index (χ3n) is 3.26. The summed E-state index contributed by atoms with van der Waals surface area (Å²) in [5.74, 6) is 0.384. The fraction of sp³-hybridized carbons (Fsp3) is 0.538. The van der Waals surface area contributed by atoms with Crippen molar-refractivity contribution in [2.45, 2.75) is 44.0 Å². The average molecular weight is 255 g/mol. The van der Waals surface area contributed by atoms with Gasteiger partial charge < -0.3 is 5.73 Å². The molecule has 0 fully saturated rings. The van der Waals surface area contributed by atoms with Crippen molar-refractivity contribution in [2.24, 2.45) is 5.73 Å². The molecule has 0 aliphatic carbocycles. The zero-order chi connectivity index (χ0) is 13.1. The second-order valence-electron chi connectivity index (χ2n) is 4.33. The molecule has 2 unspecified atom stereocenters. The van der Waals surface area contributed by atoms with Crippen molar-refractivity contribution in [3.05, 3.63) is 29.8 Å². The monoisotopic (exact) mass is 255 g/mol. The van der Waals surface area contributed by atoms with Crippen LogP contribution in [0.5, 0.6) is 0 Å². The molecule has 2 atom stereocenters. The Bertz CT molecular complexity index is 451. The average Bonchev–Trinajstić information content (AvgIpc) is 2.37. The SMILES string of the molecule is CCC(N)C(C)c1ccc(S(=O)(=O)CC)cc1. The van der Waals surface area contributed by atoms with Crippen molar-refractivity contribution in [2.75, 3.05) is 5.75 Å². The summed E-state index contributed by atoms with van der Waals surface area (Å²) in [7, 11) is -3.10. The van der Waals surface area contributed by atoms with Crippen LogP contribution in [0.2, 0.25) is 0 Å². The molecule has 4 heteroatoms. The number of rotatable bonds is 5. The van der Waals surface area contributed by atoms with Gasteiger partial charge in [-0.05, 0) is 30.0 Å². The van der Waals surface area contributed by atoms with Crippen molar-refractivity contribution >= 4 is 9.84 Å². The van der Waals surface area contributed by atoms with E-state index < -0.39 is 9.84 Å². The van der Waals surface area contributed by atoms with Crippen molar-refractivity contribution < 1.29 is 8.42 Å². The Hall–Kier alpha value is -0.870. The lowest BCUT2D eigenvalue weighted by molar-refractivity contribution is 0.551. The number of sulfone groups is 1. The van der Waals surface area contributed by atoms with Gasteiger partial charge in [0.05, 0.1) is 10.6 Å². The molecule has 0 saturated carbocycles. The van der Waals surface area contributed by atoms with Crippen LogP contribution in [0.15, 0.2) is 29.2 Å². The van der Waals surface area contributed by atoms with E-state index in [0.29, 0.717) is 4.90 Å². The van der Waals surface area contributed by atoms with Gasteiger partial charge >= 0.3 is 0 Å². The summed E-state index contributed by atoms with van der Waals surface area (Å²) in [4.78, 5) is 0.390. The molecule has 0 aliphatic heterocycles. The van der Waals surface area contributed by atoms with E-state index in [1.807, 2.05) is 12.1 Å². The van der Waals surface area contributed by atoms with Gasteiger partial charge in [0.15, 0.2) is 9.84 Å². The first-order chi connectivity index (χ1) is 7.92. The van der Waals surface area contributed by atoms with Crippen LogP contribution in [0.1, 0.15) is 38.7 Å². The van der Waals surface area contributed by atoms with E-state index in [0.717, 1.165) is 12.0 Å². The van der Waals surface area contributed by atoms with Crippen molar-refractivity contribution in [1.29, 1.82) is 0 Å². The third kappa shape index (κ3) is 3.30. The minimum absolute atomic E-state index is 0.114. The minimum Gasteiger partial charge on any atom is -0.327 e. The van der Waals surface area contributed by atoms with Crippen LogP contribution in [-0.2, 0) is 9.84 Å². The molecule has 0 heterocycles. The highest BCUT2D eigenvalue weighted by atomic mass is 32.2. The van der Waals surface area contributed by atoms with Gasteiger partial charge in [-0.1, -0.05) is 32.9 Å². The van der Waals surface area contributed by atoms with E-state index >= 15 is 0 Å². The maximum absolute atomic E-state index is 11.6. The van der Waals surface area contributed by atoms with E-state index in [1.165, 1.54) is 0 Å². The predicted molar refractivity (Wildman–Crippen MR) is 70.9 cm³/mol. The molecule has 1 rings (SSSR count). The topological polar surface area (TPSA) is 60.2 Å². The smallest absolute Gasteiger partial charge is 0.178 e. The normalized spacial score (nSPS) is 15.5. The van der Waals surface area contributed by atoms with Crippen LogP contribution in [0.4, 0.5) is 0 Å². The van der Waals surface area contributed by atoms with Gasteiger partial charge in [-0.2, -0.15) is 0 Å². The van der Waals surface area contributed by atoms with Crippen LogP contribution >= 0.6 is 0 Å². The highest BCUT2D eigenvalue weighted by Crippen LogP contribution is 2.21. The van der Waals surface area contributed by atoms with E-state index in [4.69, 9.17) is 5.73 Å². The Balaban J connectivity index is 2.96. The molecule has 0 aliphatic rings. The third-order valence-corrected chi connectivity index (χ3v) is 5.01. The van der Waals surface area contributed by atoms with Crippen molar-refractivity contribution in [1.82, 2.24) is 0 Å². The molecular formula is C13H21NO2S. The lowest BCUT2D eigenvalue weighted by atomic mass is 9.92. The molecule has 1 aromatic rings. The number of hydrogen-bond donors (Lipinski definition) is 1. The Morgan fingerprint density at radius 2 is 1.71 bits per heavy atom. The summed E-state index contributed by atoms with van der Waals surface area (Å²) in [6, 6.07) is 7.19. The van der Waals surface area contributed by atoms with Crippen LogP contribution in [0.25, 0.3) is 0 Å². The first-order valence-electron chi connectivity index (χ1n) is 6.00. The van der Waals surface area contributed by atoms with Crippen molar-refractivity contribution in [3.8, 4) is 0 Å². The van der Waals surface area contributed by atoms with Gasteiger partial charge in [-0.3, -0.25) is 0 Å². The van der Waals surface area contributed by atoms with E-state index in [1.54, 1.807) is 19.1 Å². The Morgan fingerprint density at radius 3 is 2.12 bits per heavy atom. The highest BCUT2D eigenvalue weighted by Gasteiger charge is 2.15. The van der Waals surface area contributed by atoms with Crippen molar-refractivity contribution in [3.63, 3.8) is 0 Å². The summed E-state index contributed by atoms with van der Waals surface area (Å²) in [6.45, 7) is 5.77. The lowest BCUT2D eigenvalue weighted by Gasteiger charge is -2.18. The summed E-state index contributed by atoms with van der Waals surface area (Å²) < 4.78 is 23.3. The molecule has 0 saturated heterocycles. The molecule has 3 nitrogen and oxygen atoms in total. The second kappa shape index (κ2) is 5.65. The fourth-order valence-corrected chi connectivity index (χ4v) is 2.63. The van der Waals surface area contributed by atoms with E-state index in [2.05, 4.69) is 13.8 Å². The summed E-state index contributed by atoms with van der Waals surface area (Å²) >= 11 is 0. The zero-order valence-electron chi connectivity index (χ0n) is 10.7. The summed E-state index contributed by atoms with van der Waals surface area (Å²) in [5.41, 5.74) is 7.07. The molecule has 2 N–H and O–H groups in total. The molecule has 0 spiro atoms. The molecule has 17 heavy (non-hydrogen) atoms. The largest absolute Gasteiger partial charge is 0.327 e. The Morgan fingerprint density at radius 1 is 1.18 bits per heavy atom.